The van der Waals surface area contributed by atoms with E-state index < -0.39 is 0 Å². The topological polar surface area (TPSA) is 9.23 Å². The highest BCUT2D eigenvalue weighted by Gasteiger charge is 2.24. The molecule has 0 aliphatic heterocycles. The number of hydrogen-bond acceptors (Lipinski definition) is 1. The molecule has 0 aliphatic carbocycles. The molecular formula is C17H17Cl3O. The number of methoxy groups -OCH3 is 1. The molecule has 0 radical (unpaired) electrons. The molecule has 112 valence electrons. The summed E-state index contributed by atoms with van der Waals surface area (Å²) in [6.07, 6.45) is 0.915. The lowest BCUT2D eigenvalue weighted by Gasteiger charge is -2.23. The van der Waals surface area contributed by atoms with E-state index in [9.17, 15) is 0 Å². The maximum Gasteiger partial charge on any atom is 0.138 e. The minimum absolute atomic E-state index is 0.176. The van der Waals surface area contributed by atoms with Crippen LogP contribution in [0.4, 0.5) is 0 Å². The zero-order chi connectivity index (χ0) is 15.4. The first kappa shape index (κ1) is 16.5. The van der Waals surface area contributed by atoms with Gasteiger partial charge in [0.05, 0.1) is 17.5 Å². The molecule has 0 amide bonds. The van der Waals surface area contributed by atoms with Crippen molar-refractivity contribution in [2.45, 2.75) is 24.6 Å². The fourth-order valence-electron chi connectivity index (χ4n) is 2.44. The number of halogens is 3. The van der Waals surface area contributed by atoms with Gasteiger partial charge in [0.1, 0.15) is 5.75 Å². The Morgan fingerprint density at radius 3 is 2.29 bits per heavy atom. The fourth-order valence-corrected chi connectivity index (χ4v) is 3.52. The van der Waals surface area contributed by atoms with Crippen molar-refractivity contribution in [1.82, 2.24) is 0 Å². The van der Waals surface area contributed by atoms with Crippen molar-refractivity contribution in [1.29, 1.82) is 0 Å². The summed E-state index contributed by atoms with van der Waals surface area (Å²) in [5, 5.41) is 0.851. The van der Waals surface area contributed by atoms with E-state index in [4.69, 9.17) is 39.5 Å². The molecule has 0 spiro atoms. The second-order valence-corrected chi connectivity index (χ2v) is 6.12. The van der Waals surface area contributed by atoms with Crippen LogP contribution in [0.1, 0.15) is 35.8 Å². The fraction of sp³-hybridized carbons (Fsp3) is 0.294. The van der Waals surface area contributed by atoms with Gasteiger partial charge < -0.3 is 4.74 Å². The zero-order valence-corrected chi connectivity index (χ0v) is 14.2. The summed E-state index contributed by atoms with van der Waals surface area (Å²) in [5.74, 6) is 0.733. The van der Waals surface area contributed by atoms with Crippen LogP contribution in [0.5, 0.6) is 5.75 Å². The average Bonchev–Trinajstić information content (AvgIpc) is 2.50. The molecule has 0 saturated heterocycles. The highest BCUT2D eigenvalue weighted by molar-refractivity contribution is 6.35. The molecule has 0 saturated carbocycles. The van der Waals surface area contributed by atoms with Gasteiger partial charge in [-0.2, -0.15) is 0 Å². The molecule has 21 heavy (non-hydrogen) atoms. The Hall–Kier alpha value is -0.890. The number of rotatable bonds is 5. The maximum absolute atomic E-state index is 6.70. The van der Waals surface area contributed by atoms with Crippen molar-refractivity contribution in [2.75, 3.05) is 7.11 Å². The van der Waals surface area contributed by atoms with Gasteiger partial charge in [0.2, 0.25) is 0 Å². The lowest BCUT2D eigenvalue weighted by molar-refractivity contribution is 0.415. The minimum atomic E-state index is -0.242. The molecular weight excluding hydrogens is 327 g/mol. The number of benzene rings is 2. The minimum Gasteiger partial charge on any atom is -0.495 e. The summed E-state index contributed by atoms with van der Waals surface area (Å²) in [4.78, 5) is 0. The van der Waals surface area contributed by atoms with Crippen LogP contribution in [0.3, 0.4) is 0 Å². The van der Waals surface area contributed by atoms with Gasteiger partial charge in [0, 0.05) is 17.0 Å². The Bertz CT molecular complexity index is 598. The second kappa shape index (κ2) is 7.40. The van der Waals surface area contributed by atoms with E-state index >= 15 is 0 Å². The standard InChI is InChI=1S/C17H17Cl3O/c1-3-12(11-7-5-4-6-8-11)17(20)13-9-15(19)16(21-2)10-14(13)18/h4-10,12,17H,3H2,1-2H3. The van der Waals surface area contributed by atoms with Crippen LogP contribution in [0.15, 0.2) is 42.5 Å². The van der Waals surface area contributed by atoms with Gasteiger partial charge in [-0.1, -0.05) is 60.5 Å². The summed E-state index contributed by atoms with van der Waals surface area (Å²) < 4.78 is 5.17. The molecule has 4 heteroatoms. The summed E-state index contributed by atoms with van der Waals surface area (Å²) in [7, 11) is 1.56. The highest BCUT2D eigenvalue weighted by atomic mass is 35.5. The van der Waals surface area contributed by atoms with E-state index in [-0.39, 0.29) is 11.3 Å². The first-order valence-corrected chi connectivity index (χ1v) is 7.99. The SMILES string of the molecule is CCC(c1ccccc1)C(Cl)c1cc(Cl)c(OC)cc1Cl. The molecule has 0 heterocycles. The van der Waals surface area contributed by atoms with Gasteiger partial charge >= 0.3 is 0 Å². The molecule has 1 nitrogen and oxygen atoms in total. The number of hydrogen-bond donors (Lipinski definition) is 0. The molecule has 2 aromatic rings. The van der Waals surface area contributed by atoms with Crippen molar-refractivity contribution in [3.8, 4) is 5.75 Å². The molecule has 2 atom stereocenters. The third-order valence-electron chi connectivity index (χ3n) is 3.59. The Balaban J connectivity index is 2.38. The van der Waals surface area contributed by atoms with Crippen LogP contribution >= 0.6 is 34.8 Å². The lowest BCUT2D eigenvalue weighted by atomic mass is 9.89. The van der Waals surface area contributed by atoms with Crippen LogP contribution in [0, 0.1) is 0 Å². The molecule has 0 aliphatic rings. The van der Waals surface area contributed by atoms with Gasteiger partial charge in [0.15, 0.2) is 0 Å². The van der Waals surface area contributed by atoms with Gasteiger partial charge in [-0.15, -0.1) is 11.6 Å². The van der Waals surface area contributed by atoms with Crippen molar-refractivity contribution >= 4 is 34.8 Å². The van der Waals surface area contributed by atoms with Crippen LogP contribution < -0.4 is 4.74 Å². The first-order valence-electron chi connectivity index (χ1n) is 6.80. The number of alkyl halides is 1. The molecule has 0 fully saturated rings. The van der Waals surface area contributed by atoms with Gasteiger partial charge in [-0.05, 0) is 23.6 Å². The summed E-state index contributed by atoms with van der Waals surface area (Å²) >= 11 is 19.2. The van der Waals surface area contributed by atoms with E-state index in [0.717, 1.165) is 12.0 Å². The normalized spacial score (nSPS) is 13.8. The Labute approximate surface area is 140 Å². The molecule has 2 aromatic carbocycles. The van der Waals surface area contributed by atoms with Crippen LogP contribution in [0.2, 0.25) is 10.0 Å². The second-order valence-electron chi connectivity index (χ2n) is 4.84. The Morgan fingerprint density at radius 1 is 1.05 bits per heavy atom. The Kier molecular flexibility index (Phi) is 5.80. The smallest absolute Gasteiger partial charge is 0.138 e. The predicted molar refractivity (Wildman–Crippen MR) is 91.1 cm³/mol. The predicted octanol–water partition coefficient (Wildman–Crippen LogP) is 6.48. The van der Waals surface area contributed by atoms with Crippen LogP contribution in [0.25, 0.3) is 0 Å². The number of ether oxygens (including phenoxy) is 1. The van der Waals surface area contributed by atoms with Crippen molar-refractivity contribution < 1.29 is 4.74 Å². The van der Waals surface area contributed by atoms with Crippen molar-refractivity contribution in [3.63, 3.8) is 0 Å². The summed E-state index contributed by atoms with van der Waals surface area (Å²) in [5.41, 5.74) is 2.03. The van der Waals surface area contributed by atoms with Gasteiger partial charge in [-0.3, -0.25) is 0 Å². The zero-order valence-electron chi connectivity index (χ0n) is 11.9. The first-order chi connectivity index (χ1) is 10.1. The maximum atomic E-state index is 6.70. The third-order valence-corrected chi connectivity index (χ3v) is 4.75. The van der Waals surface area contributed by atoms with Gasteiger partial charge in [-0.25, -0.2) is 0 Å². The molecule has 2 rings (SSSR count). The average molecular weight is 344 g/mol. The summed E-state index contributed by atoms with van der Waals surface area (Å²) in [6.45, 7) is 2.12. The van der Waals surface area contributed by atoms with Gasteiger partial charge in [0.25, 0.3) is 0 Å². The molecule has 0 bridgehead atoms. The monoisotopic (exact) mass is 342 g/mol. The lowest BCUT2D eigenvalue weighted by Crippen LogP contribution is -2.06. The van der Waals surface area contributed by atoms with E-state index in [2.05, 4.69) is 19.1 Å². The van der Waals surface area contributed by atoms with Crippen LogP contribution in [-0.2, 0) is 0 Å². The quantitative estimate of drug-likeness (QED) is 0.565. The largest absolute Gasteiger partial charge is 0.495 e. The highest BCUT2D eigenvalue weighted by Crippen LogP contribution is 2.44. The van der Waals surface area contributed by atoms with E-state index in [0.29, 0.717) is 15.8 Å². The molecule has 0 aromatic heterocycles. The van der Waals surface area contributed by atoms with Crippen molar-refractivity contribution in [2.24, 2.45) is 0 Å². The van der Waals surface area contributed by atoms with Crippen molar-refractivity contribution in [3.05, 3.63) is 63.6 Å². The van der Waals surface area contributed by atoms with Crippen LogP contribution in [-0.4, -0.2) is 7.11 Å². The van der Waals surface area contributed by atoms with E-state index in [1.54, 1.807) is 19.2 Å². The van der Waals surface area contributed by atoms with E-state index in [1.807, 2.05) is 18.2 Å². The van der Waals surface area contributed by atoms with E-state index in [1.165, 1.54) is 5.56 Å². The summed E-state index contributed by atoms with van der Waals surface area (Å²) in [6, 6.07) is 13.7. The third kappa shape index (κ3) is 3.66. The Morgan fingerprint density at radius 2 is 1.71 bits per heavy atom. The molecule has 0 N–H and O–H groups in total. The molecule has 2 unspecified atom stereocenters.